The summed E-state index contributed by atoms with van der Waals surface area (Å²) in [6.07, 6.45) is 2.46. The van der Waals surface area contributed by atoms with E-state index in [1.165, 1.54) is 5.56 Å². The first-order chi connectivity index (χ1) is 7.25. The number of hydrogen-bond donors (Lipinski definition) is 0. The molecule has 0 N–H and O–H groups in total. The summed E-state index contributed by atoms with van der Waals surface area (Å²) >= 11 is 8.04. The third-order valence-corrected chi connectivity index (χ3v) is 3.35. The molecule has 0 fully saturated rings. The van der Waals surface area contributed by atoms with E-state index in [1.54, 1.807) is 6.20 Å². The first-order valence-electron chi connectivity index (χ1n) is 4.46. The van der Waals surface area contributed by atoms with Crippen LogP contribution in [0.2, 0.25) is 5.15 Å². The van der Waals surface area contributed by atoms with E-state index in [1.807, 2.05) is 18.2 Å². The lowest BCUT2D eigenvalue weighted by molar-refractivity contribution is 0.961. The number of nitrogens with zero attached hydrogens (tertiary/aromatic N) is 2. The zero-order valence-electron chi connectivity index (χ0n) is 7.82. The molecule has 0 bridgehead atoms. The van der Waals surface area contributed by atoms with Gasteiger partial charge in [-0.1, -0.05) is 41.9 Å². The molecule has 0 unspecified atom stereocenters. The van der Waals surface area contributed by atoms with Gasteiger partial charge in [0.2, 0.25) is 0 Å². The Bertz CT molecular complexity index is 459. The Labute approximate surface area is 107 Å². The molecule has 1 aromatic carbocycles. The van der Waals surface area contributed by atoms with Crippen molar-refractivity contribution >= 4 is 34.2 Å². The minimum absolute atomic E-state index is 0.525. The van der Waals surface area contributed by atoms with E-state index in [2.05, 4.69) is 44.7 Å². The van der Waals surface area contributed by atoms with E-state index in [4.69, 9.17) is 11.6 Å². The van der Waals surface area contributed by atoms with Gasteiger partial charge in [0.25, 0.3) is 0 Å². The van der Waals surface area contributed by atoms with E-state index in [0.717, 1.165) is 15.8 Å². The van der Waals surface area contributed by atoms with E-state index in [9.17, 15) is 0 Å². The average Bonchev–Trinajstić information content (AvgIpc) is 2.25. The summed E-state index contributed by atoms with van der Waals surface area (Å²) < 4.78 is 0.881. The van der Waals surface area contributed by atoms with Crippen LogP contribution in [0.3, 0.4) is 0 Å². The summed E-state index contributed by atoms with van der Waals surface area (Å²) in [5.74, 6) is 0.756. The summed E-state index contributed by atoms with van der Waals surface area (Å²) in [4.78, 5) is 8.45. The lowest BCUT2D eigenvalue weighted by Gasteiger charge is -2.01. The lowest BCUT2D eigenvalue weighted by atomic mass is 10.1. The van der Waals surface area contributed by atoms with E-state index < -0.39 is 0 Å². The predicted octanol–water partition coefficient (Wildman–Crippen LogP) is 3.33. The number of rotatable bonds is 2. The molecule has 15 heavy (non-hydrogen) atoms. The molecule has 0 atom stereocenters. The van der Waals surface area contributed by atoms with Gasteiger partial charge in [0, 0.05) is 12.6 Å². The third kappa shape index (κ3) is 2.89. The summed E-state index contributed by atoms with van der Waals surface area (Å²) in [7, 11) is 0. The van der Waals surface area contributed by atoms with Crippen LogP contribution in [0.1, 0.15) is 11.4 Å². The molecule has 2 aromatic rings. The highest BCUT2D eigenvalue weighted by Gasteiger charge is 2.02. The quantitative estimate of drug-likeness (QED) is 0.623. The molecular formula is C11H8ClIN2. The highest BCUT2D eigenvalue weighted by atomic mass is 127. The smallest absolute Gasteiger partial charge is 0.146 e. The molecule has 4 heteroatoms. The van der Waals surface area contributed by atoms with Crippen LogP contribution in [0.25, 0.3) is 0 Å². The second-order valence-electron chi connectivity index (χ2n) is 3.09. The van der Waals surface area contributed by atoms with Crippen molar-refractivity contribution in [3.8, 4) is 0 Å². The zero-order valence-corrected chi connectivity index (χ0v) is 10.7. The maximum absolute atomic E-state index is 5.92. The van der Waals surface area contributed by atoms with E-state index in [-0.39, 0.29) is 0 Å². The summed E-state index contributed by atoms with van der Waals surface area (Å²) in [5, 5.41) is 0.525. The predicted molar refractivity (Wildman–Crippen MR) is 69.0 cm³/mol. The van der Waals surface area contributed by atoms with Crippen LogP contribution in [-0.4, -0.2) is 9.97 Å². The molecule has 0 aliphatic rings. The highest BCUT2D eigenvalue weighted by Crippen LogP contribution is 2.15. The molecule has 0 aliphatic carbocycles. The Kier molecular flexibility index (Phi) is 3.53. The molecule has 0 spiro atoms. The standard InChI is InChI=1S/C11H8ClIN2/c12-11-9(13)7-14-10(15-11)6-8-4-2-1-3-5-8/h1-5,7H,6H2. The topological polar surface area (TPSA) is 25.8 Å². The molecule has 2 nitrogen and oxygen atoms in total. The molecular weight excluding hydrogens is 322 g/mol. The van der Waals surface area contributed by atoms with Gasteiger partial charge in [-0.25, -0.2) is 9.97 Å². The lowest BCUT2D eigenvalue weighted by Crippen LogP contribution is -1.97. The Hall–Kier alpha value is -0.680. The van der Waals surface area contributed by atoms with Crippen LogP contribution in [0, 0.1) is 3.57 Å². The summed E-state index contributed by atoms with van der Waals surface area (Å²) in [5.41, 5.74) is 1.19. The van der Waals surface area contributed by atoms with Crippen molar-refractivity contribution < 1.29 is 0 Å². The van der Waals surface area contributed by atoms with Gasteiger partial charge in [0.15, 0.2) is 0 Å². The Balaban J connectivity index is 2.22. The largest absolute Gasteiger partial charge is 0.240 e. The number of aromatic nitrogens is 2. The van der Waals surface area contributed by atoms with Gasteiger partial charge < -0.3 is 0 Å². The van der Waals surface area contributed by atoms with Crippen LogP contribution in [-0.2, 0) is 6.42 Å². The molecule has 1 aromatic heterocycles. The maximum Gasteiger partial charge on any atom is 0.146 e. The van der Waals surface area contributed by atoms with Crippen LogP contribution in [0.4, 0.5) is 0 Å². The SMILES string of the molecule is Clc1nc(Cc2ccccc2)ncc1I. The zero-order chi connectivity index (χ0) is 10.7. The molecule has 0 saturated carbocycles. The Morgan fingerprint density at radius 3 is 2.60 bits per heavy atom. The first kappa shape index (κ1) is 10.8. The summed E-state index contributed by atoms with van der Waals surface area (Å²) in [6.45, 7) is 0. The third-order valence-electron chi connectivity index (χ3n) is 1.96. The molecule has 0 aliphatic heterocycles. The average molecular weight is 331 g/mol. The summed E-state index contributed by atoms with van der Waals surface area (Å²) in [6, 6.07) is 10.1. The van der Waals surface area contributed by atoms with Crippen LogP contribution in [0.5, 0.6) is 0 Å². The van der Waals surface area contributed by atoms with Crippen molar-refractivity contribution in [2.45, 2.75) is 6.42 Å². The molecule has 0 saturated heterocycles. The van der Waals surface area contributed by atoms with Crippen molar-refractivity contribution in [2.75, 3.05) is 0 Å². The van der Waals surface area contributed by atoms with Crippen LogP contribution < -0.4 is 0 Å². The minimum atomic E-state index is 0.525. The second kappa shape index (κ2) is 4.90. The van der Waals surface area contributed by atoms with Gasteiger partial charge in [0.05, 0.1) is 3.57 Å². The molecule has 0 amide bonds. The normalized spacial score (nSPS) is 10.3. The minimum Gasteiger partial charge on any atom is -0.240 e. The fourth-order valence-electron chi connectivity index (χ4n) is 1.24. The van der Waals surface area contributed by atoms with Crippen molar-refractivity contribution in [3.63, 3.8) is 0 Å². The van der Waals surface area contributed by atoms with Crippen molar-refractivity contribution in [1.82, 2.24) is 9.97 Å². The van der Waals surface area contributed by atoms with Gasteiger partial charge in [-0.15, -0.1) is 0 Å². The van der Waals surface area contributed by atoms with E-state index in [0.29, 0.717) is 5.15 Å². The molecule has 76 valence electrons. The van der Waals surface area contributed by atoms with Gasteiger partial charge >= 0.3 is 0 Å². The van der Waals surface area contributed by atoms with Gasteiger partial charge in [-0.2, -0.15) is 0 Å². The Morgan fingerprint density at radius 2 is 1.93 bits per heavy atom. The van der Waals surface area contributed by atoms with Crippen LogP contribution in [0.15, 0.2) is 36.5 Å². The number of hydrogen-bond acceptors (Lipinski definition) is 2. The van der Waals surface area contributed by atoms with Crippen LogP contribution >= 0.6 is 34.2 Å². The molecule has 1 heterocycles. The fourth-order valence-corrected chi connectivity index (χ4v) is 1.65. The number of halogens is 2. The van der Waals surface area contributed by atoms with Crippen molar-refractivity contribution in [3.05, 3.63) is 56.6 Å². The fraction of sp³-hybridized carbons (Fsp3) is 0.0909. The van der Waals surface area contributed by atoms with E-state index >= 15 is 0 Å². The van der Waals surface area contributed by atoms with Gasteiger partial charge in [-0.05, 0) is 28.2 Å². The monoisotopic (exact) mass is 330 g/mol. The number of benzene rings is 1. The molecule has 0 radical (unpaired) electrons. The maximum atomic E-state index is 5.92. The highest BCUT2D eigenvalue weighted by molar-refractivity contribution is 14.1. The molecule has 2 rings (SSSR count). The Morgan fingerprint density at radius 1 is 1.20 bits per heavy atom. The first-order valence-corrected chi connectivity index (χ1v) is 5.92. The van der Waals surface area contributed by atoms with Gasteiger partial charge in [0.1, 0.15) is 11.0 Å². The van der Waals surface area contributed by atoms with Crippen molar-refractivity contribution in [1.29, 1.82) is 0 Å². The second-order valence-corrected chi connectivity index (χ2v) is 4.61. The van der Waals surface area contributed by atoms with Gasteiger partial charge in [-0.3, -0.25) is 0 Å². The van der Waals surface area contributed by atoms with Crippen molar-refractivity contribution in [2.24, 2.45) is 0 Å².